The monoisotopic (exact) mass is 481 g/mol. The third-order valence-electron chi connectivity index (χ3n) is 6.80. The van der Waals surface area contributed by atoms with E-state index in [1.165, 1.54) is 4.90 Å². The highest BCUT2D eigenvalue weighted by atomic mass is 19.4. The molecule has 1 aliphatic heterocycles. The third kappa shape index (κ3) is 5.78. The van der Waals surface area contributed by atoms with Crippen LogP contribution in [0, 0.1) is 0 Å². The van der Waals surface area contributed by atoms with Gasteiger partial charge >= 0.3 is 12.1 Å². The molecule has 0 aromatic heterocycles. The maximum absolute atomic E-state index is 13.7. The molecule has 1 amide bonds. The number of hydrogen-bond donors (Lipinski definition) is 2. The van der Waals surface area contributed by atoms with Gasteiger partial charge < -0.3 is 15.7 Å². The number of ketones is 1. The first-order valence-corrected chi connectivity index (χ1v) is 11.4. The largest absolute Gasteiger partial charge is 0.478 e. The van der Waals surface area contributed by atoms with E-state index in [4.69, 9.17) is 10.8 Å². The molecule has 1 saturated heterocycles. The first kappa shape index (κ1) is 25.7. The van der Waals surface area contributed by atoms with Crippen LogP contribution in [-0.4, -0.2) is 64.8 Å². The van der Waals surface area contributed by atoms with E-state index >= 15 is 0 Å². The van der Waals surface area contributed by atoms with Crippen LogP contribution in [0.25, 0.3) is 0 Å². The van der Waals surface area contributed by atoms with Crippen molar-refractivity contribution in [3.8, 4) is 0 Å². The number of nitrogens with two attached hydrogens (primary N) is 1. The van der Waals surface area contributed by atoms with Crippen LogP contribution in [0.5, 0.6) is 0 Å². The molecule has 1 aliphatic carbocycles. The molecule has 1 unspecified atom stereocenters. The molecule has 186 valence electrons. The number of nitrogen functional groups attached to an aromatic ring is 1. The van der Waals surface area contributed by atoms with E-state index in [1.807, 2.05) is 0 Å². The SMILES string of the molecule is CN(C(=O)C(C(=O)/C=C/C(=O)O)c1ccc(C(F)(F)F)cc1N)[C@H]1CCCC[C@@H]1N1CCCC1. The average Bonchev–Trinajstić information content (AvgIpc) is 3.32. The highest BCUT2D eigenvalue weighted by Gasteiger charge is 2.40. The molecule has 3 rings (SSSR count). The van der Waals surface area contributed by atoms with Gasteiger partial charge in [0, 0.05) is 30.9 Å². The Morgan fingerprint density at radius 1 is 1.12 bits per heavy atom. The fourth-order valence-electron chi connectivity index (χ4n) is 5.08. The lowest BCUT2D eigenvalue weighted by atomic mass is 9.85. The minimum Gasteiger partial charge on any atom is -0.478 e. The molecule has 1 aromatic carbocycles. The summed E-state index contributed by atoms with van der Waals surface area (Å²) in [5, 5.41) is 8.91. The Balaban J connectivity index is 1.96. The van der Waals surface area contributed by atoms with Gasteiger partial charge in [0.05, 0.1) is 5.56 Å². The summed E-state index contributed by atoms with van der Waals surface area (Å²) in [7, 11) is 1.60. The second-order valence-corrected chi connectivity index (χ2v) is 8.96. The van der Waals surface area contributed by atoms with Crippen molar-refractivity contribution in [1.82, 2.24) is 9.80 Å². The summed E-state index contributed by atoms with van der Waals surface area (Å²) in [5.74, 6) is -4.37. The molecular formula is C24H30F3N3O4. The first-order valence-electron chi connectivity index (χ1n) is 11.4. The van der Waals surface area contributed by atoms with Gasteiger partial charge in [-0.15, -0.1) is 0 Å². The smallest absolute Gasteiger partial charge is 0.416 e. The van der Waals surface area contributed by atoms with E-state index in [1.54, 1.807) is 7.05 Å². The van der Waals surface area contributed by atoms with Crippen LogP contribution >= 0.6 is 0 Å². The Bertz CT molecular complexity index is 957. The van der Waals surface area contributed by atoms with Gasteiger partial charge in [0.2, 0.25) is 5.91 Å². The number of carbonyl (C=O) groups excluding carboxylic acids is 2. The number of nitrogens with zero attached hydrogens (tertiary/aromatic N) is 2. The van der Waals surface area contributed by atoms with Crippen LogP contribution in [0.4, 0.5) is 18.9 Å². The number of carboxylic acid groups (broad SMARTS) is 1. The molecule has 34 heavy (non-hydrogen) atoms. The number of amides is 1. The van der Waals surface area contributed by atoms with E-state index in [0.29, 0.717) is 12.1 Å². The van der Waals surface area contributed by atoms with Crippen LogP contribution in [0.1, 0.15) is 55.6 Å². The van der Waals surface area contributed by atoms with Crippen molar-refractivity contribution in [2.24, 2.45) is 0 Å². The van der Waals surface area contributed by atoms with E-state index < -0.39 is 35.3 Å². The zero-order valence-electron chi connectivity index (χ0n) is 19.1. The molecule has 0 radical (unpaired) electrons. The number of benzene rings is 1. The van der Waals surface area contributed by atoms with Crippen molar-refractivity contribution in [1.29, 1.82) is 0 Å². The molecule has 0 spiro atoms. The molecule has 2 aliphatic rings. The number of halogens is 3. The molecule has 3 N–H and O–H groups in total. The second-order valence-electron chi connectivity index (χ2n) is 8.96. The zero-order valence-corrected chi connectivity index (χ0v) is 19.1. The summed E-state index contributed by atoms with van der Waals surface area (Å²) < 4.78 is 39.3. The van der Waals surface area contributed by atoms with E-state index in [-0.39, 0.29) is 23.3 Å². The number of carbonyl (C=O) groups is 3. The summed E-state index contributed by atoms with van der Waals surface area (Å²) >= 11 is 0. The normalized spacial score (nSPS) is 22.6. The van der Waals surface area contributed by atoms with E-state index in [9.17, 15) is 27.6 Å². The molecule has 0 bridgehead atoms. The van der Waals surface area contributed by atoms with Crippen LogP contribution in [0.2, 0.25) is 0 Å². The topological polar surface area (TPSA) is 104 Å². The Labute approximate surface area is 196 Å². The van der Waals surface area contributed by atoms with Crippen LogP contribution in [0.15, 0.2) is 30.4 Å². The molecule has 1 heterocycles. The van der Waals surface area contributed by atoms with E-state index in [0.717, 1.165) is 69.8 Å². The number of carboxylic acids is 1. The van der Waals surface area contributed by atoms with Gasteiger partial charge in [-0.25, -0.2) is 4.79 Å². The average molecular weight is 482 g/mol. The summed E-state index contributed by atoms with van der Waals surface area (Å²) in [6.07, 6.45) is 2.53. The van der Waals surface area contributed by atoms with Gasteiger partial charge in [-0.05, 0) is 62.5 Å². The number of likely N-dealkylation sites (N-methyl/N-ethyl adjacent to an activating group) is 1. The minimum atomic E-state index is -4.64. The lowest BCUT2D eigenvalue weighted by Crippen LogP contribution is -2.54. The fraction of sp³-hybridized carbons (Fsp3) is 0.542. The number of likely N-dealkylation sites (tertiary alicyclic amines) is 1. The highest BCUT2D eigenvalue weighted by Crippen LogP contribution is 2.36. The number of anilines is 1. The fourth-order valence-corrected chi connectivity index (χ4v) is 5.08. The van der Waals surface area contributed by atoms with Crippen molar-refractivity contribution < 1.29 is 32.7 Å². The number of alkyl halides is 3. The molecule has 2 fully saturated rings. The Hall–Kier alpha value is -2.88. The maximum atomic E-state index is 13.7. The van der Waals surface area contributed by atoms with Crippen molar-refractivity contribution >= 4 is 23.3 Å². The van der Waals surface area contributed by atoms with Gasteiger partial charge in [-0.1, -0.05) is 18.9 Å². The van der Waals surface area contributed by atoms with E-state index in [2.05, 4.69) is 4.90 Å². The zero-order chi connectivity index (χ0) is 25.0. The van der Waals surface area contributed by atoms with Gasteiger partial charge in [0.15, 0.2) is 5.78 Å². The third-order valence-corrected chi connectivity index (χ3v) is 6.80. The molecule has 1 aromatic rings. The van der Waals surface area contributed by atoms with Gasteiger partial charge in [0.1, 0.15) is 5.92 Å². The van der Waals surface area contributed by atoms with Crippen molar-refractivity contribution in [3.63, 3.8) is 0 Å². The molecule has 3 atom stereocenters. The minimum absolute atomic E-state index is 0.0709. The lowest BCUT2D eigenvalue weighted by molar-refractivity contribution is -0.139. The predicted octanol–water partition coefficient (Wildman–Crippen LogP) is 3.45. The molecule has 7 nitrogen and oxygen atoms in total. The number of rotatable bonds is 7. The van der Waals surface area contributed by atoms with Crippen LogP contribution in [-0.2, 0) is 20.6 Å². The van der Waals surface area contributed by atoms with Gasteiger partial charge in [0.25, 0.3) is 0 Å². The van der Waals surface area contributed by atoms with Crippen LogP contribution < -0.4 is 5.73 Å². The predicted molar refractivity (Wildman–Crippen MR) is 120 cm³/mol. The highest BCUT2D eigenvalue weighted by molar-refractivity contribution is 6.13. The van der Waals surface area contributed by atoms with Gasteiger partial charge in [-0.2, -0.15) is 13.2 Å². The quantitative estimate of drug-likeness (QED) is 0.351. The van der Waals surface area contributed by atoms with Gasteiger partial charge in [-0.3, -0.25) is 14.5 Å². The Morgan fingerprint density at radius 2 is 1.76 bits per heavy atom. The summed E-state index contributed by atoms with van der Waals surface area (Å²) in [6.45, 7) is 1.89. The summed E-state index contributed by atoms with van der Waals surface area (Å²) in [5.41, 5.74) is 4.47. The number of aliphatic carboxylic acids is 1. The van der Waals surface area contributed by atoms with Crippen molar-refractivity contribution in [3.05, 3.63) is 41.5 Å². The lowest BCUT2D eigenvalue weighted by Gasteiger charge is -2.43. The number of hydrogen-bond acceptors (Lipinski definition) is 5. The van der Waals surface area contributed by atoms with Crippen LogP contribution in [0.3, 0.4) is 0 Å². The van der Waals surface area contributed by atoms with Crippen molar-refractivity contribution in [2.45, 2.75) is 62.7 Å². The summed E-state index contributed by atoms with van der Waals surface area (Å²) in [6, 6.07) is 2.47. The number of allylic oxidation sites excluding steroid dienone is 1. The summed E-state index contributed by atoms with van der Waals surface area (Å²) in [4.78, 5) is 41.4. The molecular weight excluding hydrogens is 451 g/mol. The molecule has 10 heteroatoms. The first-order chi connectivity index (χ1) is 16.0. The second kappa shape index (κ2) is 10.6. The molecule has 1 saturated carbocycles. The Morgan fingerprint density at radius 3 is 2.35 bits per heavy atom. The standard InChI is InChI=1S/C24H30F3N3O4/c1-29(18-6-2-3-7-19(18)30-12-4-5-13-30)23(34)22(20(31)10-11-21(32)33)16-9-8-15(14-17(16)28)24(25,26)27/h8-11,14,18-19,22H,2-7,12-13,28H2,1H3,(H,32,33)/b11-10+/t18-,19-,22?/m0/s1. The Kier molecular flexibility index (Phi) is 8.01. The van der Waals surface area contributed by atoms with Crippen molar-refractivity contribution in [2.75, 3.05) is 25.9 Å². The maximum Gasteiger partial charge on any atom is 0.416 e.